The zero-order chi connectivity index (χ0) is 8.20. The molecule has 0 bridgehead atoms. The van der Waals surface area contributed by atoms with Gasteiger partial charge in [-0.25, -0.2) is 8.42 Å². The third-order valence-electron chi connectivity index (χ3n) is 0.633. The van der Waals surface area contributed by atoms with Crippen LogP contribution >= 0.6 is 0 Å². The molecule has 0 saturated heterocycles. The fourth-order valence-corrected chi connectivity index (χ4v) is 0.690. The molecule has 0 N–H and O–H groups in total. The van der Waals surface area contributed by atoms with Gasteiger partial charge in [0.25, 0.3) is 5.12 Å². The van der Waals surface area contributed by atoms with Gasteiger partial charge in [0, 0.05) is 0 Å². The Morgan fingerprint density at radius 1 is 1.60 bits per heavy atom. The van der Waals surface area contributed by atoms with Crippen molar-refractivity contribution in [2.45, 2.75) is 0 Å². The molecule has 0 spiro atoms. The minimum absolute atomic E-state index is 0.150. The number of carbonyl (C=O) groups is 1. The number of sulfone groups is 1. The average molecular weight is 160 g/mol. The number of nitrogens with zero attached hydrogens (tertiary/aromatic N) is 2. The predicted octanol–water partition coefficient (Wildman–Crippen LogP) is -0.628. The Balaban J connectivity index is 4.94. The SMILES string of the molecule is C=CC(=O)S(=O)(=O)C=[N+]=[N-]. The van der Waals surface area contributed by atoms with Crippen LogP contribution in [0.3, 0.4) is 0 Å². The van der Waals surface area contributed by atoms with E-state index in [-0.39, 0.29) is 5.55 Å². The van der Waals surface area contributed by atoms with Gasteiger partial charge in [-0.15, -0.1) is 0 Å². The molecule has 0 aromatic heterocycles. The minimum atomic E-state index is -4.06. The lowest BCUT2D eigenvalue weighted by Crippen LogP contribution is -2.12. The molecule has 0 aliphatic heterocycles. The first-order valence-electron chi connectivity index (χ1n) is 2.13. The van der Waals surface area contributed by atoms with Crippen molar-refractivity contribution in [2.75, 3.05) is 0 Å². The molecule has 0 aromatic rings. The van der Waals surface area contributed by atoms with Gasteiger partial charge in [0.15, 0.2) is 0 Å². The van der Waals surface area contributed by atoms with Gasteiger partial charge in [0.1, 0.15) is 0 Å². The summed E-state index contributed by atoms with van der Waals surface area (Å²) in [6.45, 7) is 2.94. The van der Waals surface area contributed by atoms with Crippen LogP contribution < -0.4 is 0 Å². The van der Waals surface area contributed by atoms with Crippen molar-refractivity contribution < 1.29 is 18.0 Å². The zero-order valence-corrected chi connectivity index (χ0v) is 5.71. The van der Waals surface area contributed by atoms with E-state index in [9.17, 15) is 13.2 Å². The van der Waals surface area contributed by atoms with E-state index in [0.717, 1.165) is 0 Å². The molecule has 0 saturated carbocycles. The molecule has 0 aliphatic carbocycles. The van der Waals surface area contributed by atoms with E-state index < -0.39 is 15.0 Å². The lowest BCUT2D eigenvalue weighted by atomic mass is 10.7. The van der Waals surface area contributed by atoms with Crippen molar-refractivity contribution in [2.24, 2.45) is 0 Å². The molecule has 5 nitrogen and oxygen atoms in total. The van der Waals surface area contributed by atoms with Gasteiger partial charge in [0.2, 0.25) is 0 Å². The molecule has 0 unspecified atom stereocenters. The van der Waals surface area contributed by atoms with E-state index in [0.29, 0.717) is 6.08 Å². The van der Waals surface area contributed by atoms with E-state index in [1.54, 1.807) is 0 Å². The van der Waals surface area contributed by atoms with Crippen LogP contribution in [-0.2, 0) is 14.6 Å². The zero-order valence-electron chi connectivity index (χ0n) is 4.89. The maximum Gasteiger partial charge on any atom is 0.378 e. The van der Waals surface area contributed by atoms with E-state index in [4.69, 9.17) is 5.53 Å². The van der Waals surface area contributed by atoms with Crippen LogP contribution in [0.15, 0.2) is 12.7 Å². The first-order chi connectivity index (χ1) is 4.54. The Morgan fingerprint density at radius 2 is 2.10 bits per heavy atom. The highest BCUT2D eigenvalue weighted by Gasteiger charge is 2.19. The Morgan fingerprint density at radius 3 is 2.40 bits per heavy atom. The topological polar surface area (TPSA) is 87.6 Å². The number of carbonyl (C=O) groups excluding carboxylic acids is 1. The van der Waals surface area contributed by atoms with Crippen molar-refractivity contribution in [1.29, 1.82) is 0 Å². The second kappa shape index (κ2) is 3.05. The Bertz CT molecular complexity index is 296. The first kappa shape index (κ1) is 8.74. The summed E-state index contributed by atoms with van der Waals surface area (Å²) in [5.41, 5.74) is 7.90. The highest BCUT2D eigenvalue weighted by Crippen LogP contribution is 1.85. The normalized spacial score (nSPS) is 9.60. The fraction of sp³-hybridized carbons (Fsp3) is 0. The van der Waals surface area contributed by atoms with Gasteiger partial charge in [-0.2, -0.15) is 4.79 Å². The molecule has 6 heteroatoms. The molecule has 54 valence electrons. The van der Waals surface area contributed by atoms with E-state index in [2.05, 4.69) is 11.4 Å². The van der Waals surface area contributed by atoms with Gasteiger partial charge in [-0.3, -0.25) is 4.79 Å². The lowest BCUT2D eigenvalue weighted by molar-refractivity contribution is -0.107. The van der Waals surface area contributed by atoms with E-state index >= 15 is 0 Å². The highest BCUT2D eigenvalue weighted by atomic mass is 32.2. The van der Waals surface area contributed by atoms with Crippen LogP contribution in [0.4, 0.5) is 0 Å². The van der Waals surface area contributed by atoms with Crippen LogP contribution in [-0.4, -0.2) is 23.9 Å². The largest absolute Gasteiger partial charge is 0.378 e. The minimum Gasteiger partial charge on any atom is -0.361 e. The summed E-state index contributed by atoms with van der Waals surface area (Å²) in [5, 5.41) is -1.19. The van der Waals surface area contributed by atoms with Gasteiger partial charge in [0.05, 0.1) is 0 Å². The van der Waals surface area contributed by atoms with E-state index in [1.165, 1.54) is 0 Å². The Labute approximate surface area is 57.5 Å². The second-order valence-corrected chi connectivity index (χ2v) is 2.99. The summed E-state index contributed by atoms with van der Waals surface area (Å²) in [5.74, 6) is 0. The Kier molecular flexibility index (Phi) is 2.66. The summed E-state index contributed by atoms with van der Waals surface area (Å²) in [7, 11) is -4.06. The summed E-state index contributed by atoms with van der Waals surface area (Å²) in [4.78, 5) is 12.5. The van der Waals surface area contributed by atoms with Crippen LogP contribution in [0.25, 0.3) is 5.53 Å². The van der Waals surface area contributed by atoms with Gasteiger partial charge in [-0.05, 0) is 6.08 Å². The summed E-state index contributed by atoms with van der Waals surface area (Å²) in [6.07, 6.45) is 0.622. The number of hydrogen-bond donors (Lipinski definition) is 0. The lowest BCUT2D eigenvalue weighted by Gasteiger charge is -1.80. The molecular weight excluding hydrogens is 156 g/mol. The van der Waals surface area contributed by atoms with Crippen LogP contribution in [0, 0.1) is 0 Å². The third-order valence-corrected chi connectivity index (χ3v) is 1.73. The number of hydrogen-bond acceptors (Lipinski definition) is 3. The van der Waals surface area contributed by atoms with Crippen molar-refractivity contribution in [3.63, 3.8) is 0 Å². The summed E-state index contributed by atoms with van der Waals surface area (Å²) in [6, 6.07) is 0. The van der Waals surface area contributed by atoms with Crippen molar-refractivity contribution >= 4 is 20.5 Å². The molecule has 0 amide bonds. The summed E-state index contributed by atoms with van der Waals surface area (Å²) >= 11 is 0. The van der Waals surface area contributed by atoms with Crippen molar-refractivity contribution in [3.8, 4) is 0 Å². The molecule has 0 radical (unpaired) electrons. The Hall–Kier alpha value is -1.26. The maximum absolute atomic E-state index is 10.4. The second-order valence-electron chi connectivity index (χ2n) is 1.29. The molecule has 10 heavy (non-hydrogen) atoms. The predicted molar refractivity (Wildman–Crippen MR) is 33.8 cm³/mol. The van der Waals surface area contributed by atoms with Crippen LogP contribution in [0.2, 0.25) is 0 Å². The molecule has 0 heterocycles. The smallest absolute Gasteiger partial charge is 0.361 e. The standard InChI is InChI=1S/C4H4N2O3S/c1-2-4(7)10(8,9)3-6-5/h2-3H,1H2. The molecule has 0 rings (SSSR count). The molecule has 0 atom stereocenters. The molecular formula is C4H4N2O3S. The third kappa shape index (κ3) is 1.93. The van der Waals surface area contributed by atoms with Crippen LogP contribution in [0.5, 0.6) is 0 Å². The fourth-order valence-electron chi connectivity index (χ4n) is 0.230. The molecule has 0 aromatic carbocycles. The van der Waals surface area contributed by atoms with Crippen molar-refractivity contribution in [1.82, 2.24) is 0 Å². The quantitative estimate of drug-likeness (QED) is 0.177. The van der Waals surface area contributed by atoms with Crippen LogP contribution in [0.1, 0.15) is 0 Å². The molecule has 0 fully saturated rings. The van der Waals surface area contributed by atoms with Gasteiger partial charge >= 0.3 is 15.4 Å². The first-order valence-corrected chi connectivity index (χ1v) is 3.68. The summed E-state index contributed by atoms with van der Waals surface area (Å²) < 4.78 is 20.9. The average Bonchev–Trinajstić information content (AvgIpc) is 1.86. The maximum atomic E-state index is 10.4. The van der Waals surface area contributed by atoms with Gasteiger partial charge in [-0.1, -0.05) is 6.58 Å². The van der Waals surface area contributed by atoms with Crippen molar-refractivity contribution in [3.05, 3.63) is 18.2 Å². The monoisotopic (exact) mass is 160 g/mol. The molecule has 0 aliphatic rings. The number of rotatable bonds is 2. The van der Waals surface area contributed by atoms with Gasteiger partial charge < -0.3 is 5.53 Å². The van der Waals surface area contributed by atoms with E-state index in [1.807, 2.05) is 0 Å². The highest BCUT2D eigenvalue weighted by molar-refractivity contribution is 8.17.